The van der Waals surface area contributed by atoms with Gasteiger partial charge in [0.2, 0.25) is 0 Å². The lowest BCUT2D eigenvalue weighted by Crippen LogP contribution is -2.19. The summed E-state index contributed by atoms with van der Waals surface area (Å²) in [5, 5.41) is 0. The quantitative estimate of drug-likeness (QED) is 0.893. The van der Waals surface area contributed by atoms with Crippen LogP contribution in [0.3, 0.4) is 0 Å². The van der Waals surface area contributed by atoms with Crippen molar-refractivity contribution in [1.29, 1.82) is 0 Å². The molecule has 0 spiro atoms. The second kappa shape index (κ2) is 8.04. The molecular formula is C14H22F3NO. The second-order valence-electron chi connectivity index (χ2n) is 3.91. The maximum absolute atomic E-state index is 12.0. The lowest BCUT2D eigenvalue weighted by Gasteiger charge is -2.14. The van der Waals surface area contributed by atoms with E-state index < -0.39 is 12.8 Å². The van der Waals surface area contributed by atoms with Gasteiger partial charge in [0.25, 0.3) is 0 Å². The van der Waals surface area contributed by atoms with E-state index in [2.05, 4.69) is 0 Å². The Labute approximate surface area is 112 Å². The Kier molecular flexibility index (Phi) is 7.52. The van der Waals surface area contributed by atoms with Crippen LogP contribution < -0.4 is 10.5 Å². The Bertz CT molecular complexity index is 375. The van der Waals surface area contributed by atoms with E-state index in [-0.39, 0.29) is 11.8 Å². The molecule has 0 saturated heterocycles. The maximum Gasteiger partial charge on any atom is 0.422 e. The minimum atomic E-state index is -4.31. The normalized spacial score (nSPS) is 12.4. The summed E-state index contributed by atoms with van der Waals surface area (Å²) < 4.78 is 40.9. The zero-order chi connectivity index (χ0) is 15.1. The molecule has 1 aromatic rings. The summed E-state index contributed by atoms with van der Waals surface area (Å²) in [4.78, 5) is 0. The van der Waals surface area contributed by atoms with Gasteiger partial charge in [0.15, 0.2) is 6.61 Å². The monoisotopic (exact) mass is 277 g/mol. The molecule has 0 amide bonds. The van der Waals surface area contributed by atoms with Crippen molar-refractivity contribution in [3.63, 3.8) is 0 Å². The second-order valence-corrected chi connectivity index (χ2v) is 3.91. The fourth-order valence-electron chi connectivity index (χ4n) is 1.46. The van der Waals surface area contributed by atoms with Gasteiger partial charge in [-0.3, -0.25) is 0 Å². The number of hydrogen-bond donors (Lipinski definition) is 1. The van der Waals surface area contributed by atoms with Gasteiger partial charge in [-0.15, -0.1) is 0 Å². The molecular weight excluding hydrogens is 255 g/mol. The van der Waals surface area contributed by atoms with Crippen LogP contribution in [-0.4, -0.2) is 12.8 Å². The number of ether oxygens (including phenoxy) is 1. The van der Waals surface area contributed by atoms with Crippen LogP contribution in [0.2, 0.25) is 0 Å². The van der Waals surface area contributed by atoms with Crippen LogP contribution in [0.1, 0.15) is 44.9 Å². The van der Waals surface area contributed by atoms with Gasteiger partial charge in [0, 0.05) is 6.04 Å². The highest BCUT2D eigenvalue weighted by Gasteiger charge is 2.28. The van der Waals surface area contributed by atoms with Crippen LogP contribution in [-0.2, 0) is 6.42 Å². The van der Waals surface area contributed by atoms with E-state index in [1.54, 1.807) is 18.2 Å². The first kappa shape index (κ1) is 17.8. The van der Waals surface area contributed by atoms with E-state index in [1.165, 1.54) is 0 Å². The van der Waals surface area contributed by atoms with Gasteiger partial charge in [-0.2, -0.15) is 13.2 Å². The first-order valence-electron chi connectivity index (χ1n) is 6.41. The van der Waals surface area contributed by atoms with E-state index in [9.17, 15) is 13.2 Å². The van der Waals surface area contributed by atoms with Crippen molar-refractivity contribution in [3.05, 3.63) is 29.3 Å². The highest BCUT2D eigenvalue weighted by atomic mass is 19.4. The van der Waals surface area contributed by atoms with Gasteiger partial charge < -0.3 is 10.5 Å². The molecule has 0 bridgehead atoms. The molecule has 0 heterocycles. The van der Waals surface area contributed by atoms with Crippen molar-refractivity contribution in [2.75, 3.05) is 6.61 Å². The summed E-state index contributed by atoms with van der Waals surface area (Å²) in [5.74, 6) is 0.272. The molecule has 110 valence electrons. The Balaban J connectivity index is 0.00000154. The summed E-state index contributed by atoms with van der Waals surface area (Å²) in [6.07, 6.45) is -3.71. The standard InChI is InChI=1S/C12H16F3NO.C2H6/c1-3-9-6-10(8(2)16)4-5-11(9)17-7-12(13,14)15;1-2/h4-6,8H,3,7,16H2,1-2H3;1-2H3. The van der Waals surface area contributed by atoms with Crippen molar-refractivity contribution < 1.29 is 17.9 Å². The zero-order valence-electron chi connectivity index (χ0n) is 11.8. The van der Waals surface area contributed by atoms with Crippen molar-refractivity contribution >= 4 is 0 Å². The third kappa shape index (κ3) is 6.47. The molecule has 0 fully saturated rings. The Hall–Kier alpha value is -1.23. The highest BCUT2D eigenvalue weighted by Crippen LogP contribution is 2.25. The summed E-state index contributed by atoms with van der Waals surface area (Å²) in [6.45, 7) is 6.42. The minimum Gasteiger partial charge on any atom is -0.484 e. The van der Waals surface area contributed by atoms with E-state index in [4.69, 9.17) is 10.5 Å². The molecule has 0 aliphatic heterocycles. The van der Waals surface area contributed by atoms with E-state index in [0.717, 1.165) is 11.1 Å². The van der Waals surface area contributed by atoms with Crippen molar-refractivity contribution in [1.82, 2.24) is 0 Å². The van der Waals surface area contributed by atoms with Gasteiger partial charge in [0.05, 0.1) is 0 Å². The van der Waals surface area contributed by atoms with Crippen LogP contribution in [0.25, 0.3) is 0 Å². The topological polar surface area (TPSA) is 35.2 Å². The van der Waals surface area contributed by atoms with E-state index >= 15 is 0 Å². The third-order valence-corrected chi connectivity index (χ3v) is 2.38. The Morgan fingerprint density at radius 3 is 2.26 bits per heavy atom. The Morgan fingerprint density at radius 2 is 1.84 bits per heavy atom. The van der Waals surface area contributed by atoms with Gasteiger partial charge >= 0.3 is 6.18 Å². The summed E-state index contributed by atoms with van der Waals surface area (Å²) >= 11 is 0. The minimum absolute atomic E-state index is 0.142. The van der Waals surface area contributed by atoms with Crippen LogP contribution >= 0.6 is 0 Å². The lowest BCUT2D eigenvalue weighted by molar-refractivity contribution is -0.153. The predicted molar refractivity (Wildman–Crippen MR) is 71.3 cm³/mol. The third-order valence-electron chi connectivity index (χ3n) is 2.38. The number of aryl methyl sites for hydroxylation is 1. The Morgan fingerprint density at radius 1 is 1.26 bits per heavy atom. The molecule has 1 aromatic carbocycles. The van der Waals surface area contributed by atoms with Crippen molar-refractivity contribution in [2.24, 2.45) is 5.73 Å². The van der Waals surface area contributed by atoms with E-state index in [1.807, 2.05) is 27.7 Å². The van der Waals surface area contributed by atoms with Gasteiger partial charge in [-0.05, 0) is 30.5 Å². The predicted octanol–water partition coefficient (Wildman–Crippen LogP) is 4.24. The average Bonchev–Trinajstić information content (AvgIpc) is 2.37. The van der Waals surface area contributed by atoms with E-state index in [0.29, 0.717) is 6.42 Å². The highest BCUT2D eigenvalue weighted by molar-refractivity contribution is 5.38. The number of nitrogens with two attached hydrogens (primary N) is 1. The summed E-state index contributed by atoms with van der Waals surface area (Å²) in [7, 11) is 0. The van der Waals surface area contributed by atoms with Crippen LogP contribution in [0.5, 0.6) is 5.75 Å². The summed E-state index contributed by atoms with van der Waals surface area (Å²) in [6, 6.07) is 4.88. The molecule has 0 aromatic heterocycles. The first-order valence-corrected chi connectivity index (χ1v) is 6.41. The van der Waals surface area contributed by atoms with Crippen LogP contribution in [0, 0.1) is 0 Å². The average molecular weight is 277 g/mol. The molecule has 1 rings (SSSR count). The maximum atomic E-state index is 12.0. The van der Waals surface area contributed by atoms with Crippen molar-refractivity contribution in [3.8, 4) is 5.75 Å². The number of alkyl halides is 3. The molecule has 2 N–H and O–H groups in total. The number of rotatable bonds is 4. The zero-order valence-corrected chi connectivity index (χ0v) is 11.8. The molecule has 2 nitrogen and oxygen atoms in total. The molecule has 1 unspecified atom stereocenters. The molecule has 0 saturated carbocycles. The number of benzene rings is 1. The van der Waals surface area contributed by atoms with Crippen LogP contribution in [0.15, 0.2) is 18.2 Å². The lowest BCUT2D eigenvalue weighted by atomic mass is 10.0. The molecule has 0 aliphatic rings. The molecule has 5 heteroatoms. The molecule has 1 atom stereocenters. The van der Waals surface area contributed by atoms with Crippen molar-refractivity contribution in [2.45, 2.75) is 46.3 Å². The molecule has 19 heavy (non-hydrogen) atoms. The summed E-state index contributed by atoms with van der Waals surface area (Å²) in [5.41, 5.74) is 7.34. The number of hydrogen-bond acceptors (Lipinski definition) is 2. The van der Waals surface area contributed by atoms with Gasteiger partial charge in [-0.1, -0.05) is 32.9 Å². The molecule has 0 aliphatic carbocycles. The molecule has 0 radical (unpaired) electrons. The van der Waals surface area contributed by atoms with Gasteiger partial charge in [-0.25, -0.2) is 0 Å². The number of halogens is 3. The van der Waals surface area contributed by atoms with Crippen LogP contribution in [0.4, 0.5) is 13.2 Å². The fourth-order valence-corrected chi connectivity index (χ4v) is 1.46. The fraction of sp³-hybridized carbons (Fsp3) is 0.571. The van der Waals surface area contributed by atoms with Gasteiger partial charge in [0.1, 0.15) is 5.75 Å². The first-order chi connectivity index (χ1) is 8.83. The SMILES string of the molecule is CC.CCc1cc(C(C)N)ccc1OCC(F)(F)F. The smallest absolute Gasteiger partial charge is 0.422 e. The largest absolute Gasteiger partial charge is 0.484 e.